The molecule has 0 aromatic heterocycles. The molecule has 1 aliphatic heterocycles. The minimum Gasteiger partial charge on any atom is -0.496 e. The lowest BCUT2D eigenvalue weighted by atomic mass is 9.97. The molecule has 0 fully saturated rings. The highest BCUT2D eigenvalue weighted by Gasteiger charge is 2.18. The van der Waals surface area contributed by atoms with Gasteiger partial charge in [-0.3, -0.25) is 21.1 Å². The summed E-state index contributed by atoms with van der Waals surface area (Å²) in [7, 11) is 1.56. The standard InChI is InChI=1S/C21H30N6O2/c1-5-27(26-23)20(22)14(2)7-6-8-15(3)25-21(28)18-11-17-13-24-10-9-16(17)12-19(18)29-4/h6-8,11-12,22,24,26H,3,5,9-10,13,23H2,1-2,4H3,(H,25,28)/b8-6-,14-7+,22-20?. The number of hydrazine groups is 2. The fraction of sp³-hybridized carbons (Fsp3) is 0.333. The summed E-state index contributed by atoms with van der Waals surface area (Å²) in [5, 5.41) is 15.6. The van der Waals surface area contributed by atoms with E-state index in [9.17, 15) is 4.79 Å². The van der Waals surface area contributed by atoms with Crippen molar-refractivity contribution in [2.75, 3.05) is 20.2 Å². The topological polar surface area (TPSA) is 116 Å². The average molecular weight is 399 g/mol. The van der Waals surface area contributed by atoms with E-state index < -0.39 is 0 Å². The largest absolute Gasteiger partial charge is 0.496 e. The summed E-state index contributed by atoms with van der Waals surface area (Å²) in [4.78, 5) is 12.7. The van der Waals surface area contributed by atoms with Crippen molar-refractivity contribution in [1.29, 1.82) is 5.41 Å². The Morgan fingerprint density at radius 1 is 1.45 bits per heavy atom. The smallest absolute Gasteiger partial charge is 0.259 e. The number of amides is 1. The minimum absolute atomic E-state index is 0.265. The third-order valence-electron chi connectivity index (χ3n) is 4.69. The number of likely N-dealkylation sites (N-methyl/N-ethyl adjacent to an activating group) is 1. The van der Waals surface area contributed by atoms with Crippen molar-refractivity contribution >= 4 is 11.7 Å². The summed E-state index contributed by atoms with van der Waals surface area (Å²) < 4.78 is 5.41. The third-order valence-corrected chi connectivity index (χ3v) is 4.69. The van der Waals surface area contributed by atoms with Crippen molar-refractivity contribution in [3.63, 3.8) is 0 Å². The Kier molecular flexibility index (Phi) is 8.14. The molecule has 1 heterocycles. The molecule has 1 aliphatic rings. The molecule has 0 atom stereocenters. The molecule has 0 saturated heterocycles. The highest BCUT2D eigenvalue weighted by Crippen LogP contribution is 2.26. The summed E-state index contributed by atoms with van der Waals surface area (Å²) in [6.07, 6.45) is 6.07. The van der Waals surface area contributed by atoms with Gasteiger partial charge in [-0.25, -0.2) is 0 Å². The van der Waals surface area contributed by atoms with Crippen LogP contribution in [0.2, 0.25) is 0 Å². The fourth-order valence-electron chi connectivity index (χ4n) is 3.03. The second kappa shape index (κ2) is 10.6. The first-order chi connectivity index (χ1) is 13.9. The normalized spacial score (nSPS) is 13.7. The molecule has 0 unspecified atom stereocenters. The van der Waals surface area contributed by atoms with E-state index >= 15 is 0 Å². The number of hydrogen-bond acceptors (Lipinski definition) is 6. The summed E-state index contributed by atoms with van der Waals surface area (Å²) in [5.41, 5.74) is 6.40. The van der Waals surface area contributed by atoms with Gasteiger partial charge in [-0.2, -0.15) is 5.53 Å². The van der Waals surface area contributed by atoms with Crippen LogP contribution in [0.5, 0.6) is 5.75 Å². The number of rotatable bonds is 8. The highest BCUT2D eigenvalue weighted by atomic mass is 16.5. The molecule has 29 heavy (non-hydrogen) atoms. The molecule has 1 aromatic rings. The number of carbonyl (C=O) groups excluding carboxylic acids is 1. The lowest BCUT2D eigenvalue weighted by Crippen LogP contribution is -2.46. The van der Waals surface area contributed by atoms with Crippen molar-refractivity contribution in [3.8, 4) is 5.75 Å². The Bertz CT molecular complexity index is 840. The molecule has 2 rings (SSSR count). The number of ether oxygens (including phenoxy) is 1. The van der Waals surface area contributed by atoms with Gasteiger partial charge in [-0.1, -0.05) is 18.7 Å². The minimum atomic E-state index is -0.275. The summed E-state index contributed by atoms with van der Waals surface area (Å²) in [5.74, 6) is 5.93. The number of methoxy groups -OCH3 is 1. The number of benzene rings is 1. The number of nitrogens with one attached hydrogen (secondary N) is 4. The van der Waals surface area contributed by atoms with Crippen molar-refractivity contribution in [2.24, 2.45) is 5.84 Å². The van der Waals surface area contributed by atoms with Gasteiger partial charge in [0.15, 0.2) is 0 Å². The first-order valence-electron chi connectivity index (χ1n) is 9.49. The Balaban J connectivity index is 2.05. The van der Waals surface area contributed by atoms with E-state index in [1.807, 2.05) is 19.1 Å². The highest BCUT2D eigenvalue weighted by molar-refractivity contribution is 5.98. The Morgan fingerprint density at radius 2 is 2.21 bits per heavy atom. The molecule has 8 heteroatoms. The van der Waals surface area contributed by atoms with Gasteiger partial charge in [-0.05, 0) is 61.7 Å². The molecule has 0 spiro atoms. The lowest BCUT2D eigenvalue weighted by Gasteiger charge is -2.21. The number of nitrogens with two attached hydrogens (primary N) is 1. The van der Waals surface area contributed by atoms with Crippen molar-refractivity contribution < 1.29 is 9.53 Å². The van der Waals surface area contributed by atoms with Crippen LogP contribution in [0.3, 0.4) is 0 Å². The molecule has 6 N–H and O–H groups in total. The molecule has 8 nitrogen and oxygen atoms in total. The van der Waals surface area contributed by atoms with Gasteiger partial charge in [0.2, 0.25) is 0 Å². The maximum absolute atomic E-state index is 12.7. The molecular formula is C21H30N6O2. The Hall–Kier alpha value is -2.94. The number of allylic oxidation sites excluding steroid dienone is 3. The first kappa shape index (κ1) is 22.4. The van der Waals surface area contributed by atoms with Crippen LogP contribution in [0, 0.1) is 5.41 Å². The number of carbonyl (C=O) groups is 1. The Labute approximate surface area is 171 Å². The van der Waals surface area contributed by atoms with Gasteiger partial charge < -0.3 is 15.4 Å². The van der Waals surface area contributed by atoms with E-state index in [-0.39, 0.29) is 11.7 Å². The predicted octanol–water partition coefficient (Wildman–Crippen LogP) is 1.76. The molecule has 0 bridgehead atoms. The van der Waals surface area contributed by atoms with E-state index in [1.54, 1.807) is 32.3 Å². The lowest BCUT2D eigenvalue weighted by molar-refractivity contribution is 0.0964. The summed E-state index contributed by atoms with van der Waals surface area (Å²) in [6, 6.07) is 3.81. The molecule has 0 saturated carbocycles. The second-order valence-electron chi connectivity index (χ2n) is 6.66. The van der Waals surface area contributed by atoms with E-state index in [1.165, 1.54) is 10.6 Å². The first-order valence-corrected chi connectivity index (χ1v) is 9.49. The van der Waals surface area contributed by atoms with Crippen molar-refractivity contribution in [1.82, 2.24) is 21.2 Å². The molecule has 0 aliphatic carbocycles. The van der Waals surface area contributed by atoms with Gasteiger partial charge in [0.25, 0.3) is 5.91 Å². The summed E-state index contributed by atoms with van der Waals surface area (Å²) in [6.45, 7) is 9.79. The zero-order valence-electron chi connectivity index (χ0n) is 17.3. The molecular weight excluding hydrogens is 368 g/mol. The van der Waals surface area contributed by atoms with Gasteiger partial charge >= 0.3 is 0 Å². The van der Waals surface area contributed by atoms with Crippen LogP contribution < -0.4 is 26.7 Å². The monoisotopic (exact) mass is 398 g/mol. The zero-order valence-corrected chi connectivity index (χ0v) is 17.3. The van der Waals surface area contributed by atoms with Crippen molar-refractivity contribution in [2.45, 2.75) is 26.8 Å². The van der Waals surface area contributed by atoms with Crippen LogP contribution in [0.25, 0.3) is 0 Å². The van der Waals surface area contributed by atoms with E-state index in [0.29, 0.717) is 29.1 Å². The van der Waals surface area contributed by atoms with E-state index in [4.69, 9.17) is 16.0 Å². The van der Waals surface area contributed by atoms with Crippen LogP contribution in [-0.2, 0) is 13.0 Å². The van der Waals surface area contributed by atoms with E-state index in [2.05, 4.69) is 22.7 Å². The zero-order chi connectivity index (χ0) is 21.4. The van der Waals surface area contributed by atoms with Crippen LogP contribution in [0.1, 0.15) is 35.3 Å². The van der Waals surface area contributed by atoms with Crippen LogP contribution in [0.4, 0.5) is 0 Å². The van der Waals surface area contributed by atoms with Gasteiger partial charge in [0.1, 0.15) is 11.6 Å². The number of amidine groups is 1. The number of hydrogen-bond donors (Lipinski definition) is 5. The predicted molar refractivity (Wildman–Crippen MR) is 115 cm³/mol. The quantitative estimate of drug-likeness (QED) is 0.150. The van der Waals surface area contributed by atoms with E-state index in [0.717, 1.165) is 25.1 Å². The second-order valence-corrected chi connectivity index (χ2v) is 6.66. The molecule has 1 aromatic carbocycles. The average Bonchev–Trinajstić information content (AvgIpc) is 2.73. The van der Waals surface area contributed by atoms with Crippen LogP contribution in [0.15, 0.2) is 48.2 Å². The van der Waals surface area contributed by atoms with Gasteiger partial charge in [-0.15, -0.1) is 0 Å². The number of nitrogens with zero attached hydrogens (tertiary/aromatic N) is 1. The third kappa shape index (κ3) is 5.77. The SMILES string of the molecule is C=C(/C=C\C=C(/C)C(=N)N(CC)NN)NC(=O)c1cc2c(cc1OC)CCNC2. The van der Waals surface area contributed by atoms with Crippen LogP contribution in [-0.4, -0.2) is 37.0 Å². The molecule has 1 amide bonds. The molecule has 156 valence electrons. The van der Waals surface area contributed by atoms with Gasteiger partial charge in [0.05, 0.1) is 12.7 Å². The van der Waals surface area contributed by atoms with Crippen molar-refractivity contribution in [3.05, 3.63) is 64.9 Å². The fourth-order valence-corrected chi connectivity index (χ4v) is 3.03. The Morgan fingerprint density at radius 3 is 2.86 bits per heavy atom. The summed E-state index contributed by atoms with van der Waals surface area (Å²) >= 11 is 0. The maximum atomic E-state index is 12.7. The maximum Gasteiger partial charge on any atom is 0.259 e. The van der Waals surface area contributed by atoms with Gasteiger partial charge in [0, 0.05) is 18.8 Å². The molecule has 0 radical (unpaired) electrons. The van der Waals surface area contributed by atoms with Crippen LogP contribution >= 0.6 is 0 Å². The number of fused-ring (bicyclic) bond motifs is 1.